The maximum absolute atomic E-state index is 13.6. The Kier molecular flexibility index (Phi) is 6.50. The van der Waals surface area contributed by atoms with Crippen molar-refractivity contribution in [3.63, 3.8) is 0 Å². The molecular formula is C24H20F2N4O2. The molecule has 0 bridgehead atoms. The highest BCUT2D eigenvalue weighted by Gasteiger charge is 2.13. The third-order valence-electron chi connectivity index (χ3n) is 4.72. The van der Waals surface area contributed by atoms with Gasteiger partial charge in [-0.25, -0.2) is 8.78 Å². The maximum Gasteiger partial charge on any atom is 0.258 e. The average Bonchev–Trinajstić information content (AvgIpc) is 3.24. The predicted molar refractivity (Wildman–Crippen MR) is 116 cm³/mol. The molecule has 6 nitrogen and oxygen atoms in total. The number of hydrogen-bond acceptors (Lipinski definition) is 4. The maximum atomic E-state index is 13.6. The lowest BCUT2D eigenvalue weighted by Gasteiger charge is -2.10. The van der Waals surface area contributed by atoms with E-state index in [1.807, 2.05) is 18.2 Å². The summed E-state index contributed by atoms with van der Waals surface area (Å²) in [5.41, 5.74) is 3.13. The van der Waals surface area contributed by atoms with Gasteiger partial charge in [0.1, 0.15) is 5.82 Å². The number of aromatic nitrogens is 3. The quantitative estimate of drug-likeness (QED) is 0.454. The van der Waals surface area contributed by atoms with Gasteiger partial charge in [0, 0.05) is 30.1 Å². The zero-order chi connectivity index (χ0) is 22.3. The lowest BCUT2D eigenvalue weighted by molar-refractivity contribution is -0.123. The molecule has 2 heterocycles. The number of amides is 1. The predicted octanol–water partition coefficient (Wildman–Crippen LogP) is 4.09. The van der Waals surface area contributed by atoms with E-state index >= 15 is 0 Å². The molecule has 32 heavy (non-hydrogen) atoms. The highest BCUT2D eigenvalue weighted by atomic mass is 19.1. The van der Waals surface area contributed by atoms with Crippen molar-refractivity contribution in [2.75, 3.05) is 13.2 Å². The summed E-state index contributed by atoms with van der Waals surface area (Å²) in [6.07, 6.45) is 3.41. The molecule has 4 aromatic rings. The second-order valence-corrected chi connectivity index (χ2v) is 6.96. The Hall–Kier alpha value is -4.07. The van der Waals surface area contributed by atoms with Gasteiger partial charge in [-0.2, -0.15) is 5.10 Å². The van der Waals surface area contributed by atoms with Crippen molar-refractivity contribution >= 4 is 5.91 Å². The van der Waals surface area contributed by atoms with Crippen LogP contribution >= 0.6 is 0 Å². The molecule has 0 fully saturated rings. The molecule has 8 heteroatoms. The molecule has 0 radical (unpaired) electrons. The van der Waals surface area contributed by atoms with Gasteiger partial charge >= 0.3 is 0 Å². The highest BCUT2D eigenvalue weighted by Crippen LogP contribution is 2.26. The average molecular weight is 434 g/mol. The number of benzene rings is 2. The van der Waals surface area contributed by atoms with Gasteiger partial charge in [0.05, 0.1) is 17.9 Å². The molecule has 1 amide bonds. The van der Waals surface area contributed by atoms with E-state index in [9.17, 15) is 13.6 Å². The number of carbonyl (C=O) groups is 1. The monoisotopic (exact) mass is 434 g/mol. The Morgan fingerprint density at radius 3 is 2.56 bits per heavy atom. The lowest BCUT2D eigenvalue weighted by atomic mass is 10.1. The van der Waals surface area contributed by atoms with Crippen LogP contribution in [0.1, 0.15) is 0 Å². The molecule has 0 aliphatic rings. The summed E-state index contributed by atoms with van der Waals surface area (Å²) in [4.78, 5) is 16.3. The van der Waals surface area contributed by atoms with E-state index < -0.39 is 5.82 Å². The molecule has 0 atom stereocenters. The van der Waals surface area contributed by atoms with E-state index in [4.69, 9.17) is 4.74 Å². The van der Waals surface area contributed by atoms with Gasteiger partial charge in [-0.05, 0) is 54.6 Å². The van der Waals surface area contributed by atoms with Gasteiger partial charge < -0.3 is 10.1 Å². The van der Waals surface area contributed by atoms with Crippen molar-refractivity contribution in [3.8, 4) is 28.3 Å². The van der Waals surface area contributed by atoms with Gasteiger partial charge in [-0.15, -0.1) is 0 Å². The molecule has 0 spiro atoms. The van der Waals surface area contributed by atoms with E-state index in [1.165, 1.54) is 24.3 Å². The van der Waals surface area contributed by atoms with Crippen molar-refractivity contribution in [1.82, 2.24) is 20.1 Å². The number of para-hydroxylation sites is 1. The summed E-state index contributed by atoms with van der Waals surface area (Å²) in [5.74, 6) is -1.19. The van der Waals surface area contributed by atoms with Gasteiger partial charge in [0.2, 0.25) is 0 Å². The minimum Gasteiger partial charge on any atom is -0.481 e. The fourth-order valence-electron chi connectivity index (χ4n) is 3.15. The molecule has 0 unspecified atom stereocenters. The first-order valence-corrected chi connectivity index (χ1v) is 9.98. The van der Waals surface area contributed by atoms with Crippen molar-refractivity contribution < 1.29 is 18.3 Å². The van der Waals surface area contributed by atoms with Crippen LogP contribution in [0.25, 0.3) is 22.5 Å². The SMILES string of the molecule is O=C(COc1ccccc1F)NCCn1nc(-c2ccc(F)cc2)cc1-c1cccnc1. The number of halogens is 2. The van der Waals surface area contributed by atoms with E-state index in [0.29, 0.717) is 12.2 Å². The molecule has 1 N–H and O–H groups in total. The Morgan fingerprint density at radius 2 is 1.81 bits per heavy atom. The Bertz CT molecular complexity index is 1190. The summed E-state index contributed by atoms with van der Waals surface area (Å²) >= 11 is 0. The van der Waals surface area contributed by atoms with E-state index in [1.54, 1.807) is 41.3 Å². The zero-order valence-electron chi connectivity index (χ0n) is 17.0. The lowest BCUT2D eigenvalue weighted by Crippen LogP contribution is -2.32. The van der Waals surface area contributed by atoms with Gasteiger partial charge in [-0.1, -0.05) is 12.1 Å². The molecule has 2 aromatic heterocycles. The largest absolute Gasteiger partial charge is 0.481 e. The van der Waals surface area contributed by atoms with Crippen molar-refractivity contribution in [3.05, 3.63) is 90.8 Å². The minimum atomic E-state index is -0.522. The molecule has 4 rings (SSSR count). The first-order chi connectivity index (χ1) is 15.6. The third kappa shape index (κ3) is 5.15. The Morgan fingerprint density at radius 1 is 1.00 bits per heavy atom. The van der Waals surface area contributed by atoms with Gasteiger partial charge in [0.15, 0.2) is 18.2 Å². The summed E-state index contributed by atoms with van der Waals surface area (Å²) in [5, 5.41) is 7.37. The topological polar surface area (TPSA) is 69.0 Å². The van der Waals surface area contributed by atoms with E-state index in [0.717, 1.165) is 16.8 Å². The first kappa shape index (κ1) is 21.2. The second kappa shape index (κ2) is 9.82. The van der Waals surface area contributed by atoms with Crippen LogP contribution in [0.15, 0.2) is 79.1 Å². The van der Waals surface area contributed by atoms with Crippen molar-refractivity contribution in [2.24, 2.45) is 0 Å². The summed E-state index contributed by atoms with van der Waals surface area (Å²) in [6, 6.07) is 17.6. The molecule has 0 saturated heterocycles. The number of nitrogens with zero attached hydrogens (tertiary/aromatic N) is 3. The Balaban J connectivity index is 1.43. The number of pyridine rings is 1. The highest BCUT2D eigenvalue weighted by molar-refractivity contribution is 5.77. The van der Waals surface area contributed by atoms with Gasteiger partial charge in [0.25, 0.3) is 5.91 Å². The molecule has 2 aromatic carbocycles. The standard InChI is InChI=1S/C24H20F2N4O2/c25-19-9-7-17(8-10-19)21-14-22(18-4-3-11-27-15-18)30(29-21)13-12-28-24(31)16-32-23-6-2-1-5-20(23)26/h1-11,14-15H,12-13,16H2,(H,28,31). The van der Waals surface area contributed by atoms with Gasteiger partial charge in [-0.3, -0.25) is 14.5 Å². The number of hydrogen-bond donors (Lipinski definition) is 1. The van der Waals surface area contributed by atoms with Crippen LogP contribution in [-0.2, 0) is 11.3 Å². The molecular weight excluding hydrogens is 414 g/mol. The van der Waals surface area contributed by atoms with Crippen LogP contribution in [0.5, 0.6) is 5.75 Å². The Labute approximate surface area is 183 Å². The summed E-state index contributed by atoms with van der Waals surface area (Å²) in [7, 11) is 0. The number of carbonyl (C=O) groups excluding carboxylic acids is 1. The van der Waals surface area contributed by atoms with Crippen molar-refractivity contribution in [2.45, 2.75) is 6.54 Å². The summed E-state index contributed by atoms with van der Waals surface area (Å²) in [6.45, 7) is 0.379. The molecule has 162 valence electrons. The van der Waals surface area contributed by atoms with Crippen LogP contribution in [0.3, 0.4) is 0 Å². The smallest absolute Gasteiger partial charge is 0.258 e. The van der Waals surface area contributed by atoms with E-state index in [-0.39, 0.29) is 30.6 Å². The third-order valence-corrected chi connectivity index (χ3v) is 4.72. The summed E-state index contributed by atoms with van der Waals surface area (Å²) < 4.78 is 33.8. The van der Waals surface area contributed by atoms with E-state index in [2.05, 4.69) is 15.4 Å². The molecule has 0 aliphatic carbocycles. The first-order valence-electron chi connectivity index (χ1n) is 9.98. The van der Waals surface area contributed by atoms with Crippen LogP contribution in [0, 0.1) is 11.6 Å². The minimum absolute atomic E-state index is 0.0255. The van der Waals surface area contributed by atoms with Crippen LogP contribution in [0.2, 0.25) is 0 Å². The fourth-order valence-corrected chi connectivity index (χ4v) is 3.15. The van der Waals surface area contributed by atoms with Crippen LogP contribution < -0.4 is 10.1 Å². The van der Waals surface area contributed by atoms with Crippen molar-refractivity contribution in [1.29, 1.82) is 0 Å². The number of ether oxygens (including phenoxy) is 1. The molecule has 0 aliphatic heterocycles. The number of nitrogens with one attached hydrogen (secondary N) is 1. The second-order valence-electron chi connectivity index (χ2n) is 6.96. The fraction of sp³-hybridized carbons (Fsp3) is 0.125. The number of rotatable bonds is 8. The normalized spacial score (nSPS) is 10.7. The van der Waals surface area contributed by atoms with Crippen LogP contribution in [0.4, 0.5) is 8.78 Å². The van der Waals surface area contributed by atoms with Crippen LogP contribution in [-0.4, -0.2) is 33.8 Å². The zero-order valence-corrected chi connectivity index (χ0v) is 17.0. The molecule has 0 saturated carbocycles.